The molecule has 19 heavy (non-hydrogen) atoms. The summed E-state index contributed by atoms with van der Waals surface area (Å²) in [5, 5.41) is 0. The molecule has 1 aromatic carbocycles. The number of rotatable bonds is 3. The van der Waals surface area contributed by atoms with Crippen LogP contribution >= 0.6 is 22.4 Å². The Morgan fingerprint density at radius 1 is 1.42 bits per heavy atom. The fourth-order valence-corrected chi connectivity index (χ4v) is 1.49. The molecule has 0 aliphatic carbocycles. The first-order chi connectivity index (χ1) is 8.63. The average Bonchev–Trinajstić information content (AvgIpc) is 2.26. The van der Waals surface area contributed by atoms with Gasteiger partial charge < -0.3 is 4.74 Å². The summed E-state index contributed by atoms with van der Waals surface area (Å²) in [6, 6.07) is 7.44. The van der Waals surface area contributed by atoms with Gasteiger partial charge in [0.1, 0.15) is 0 Å². The van der Waals surface area contributed by atoms with Crippen molar-refractivity contribution in [2.24, 2.45) is 0 Å². The van der Waals surface area contributed by atoms with Crippen LogP contribution < -0.4 is 0 Å². The summed E-state index contributed by atoms with van der Waals surface area (Å²) in [4.78, 5) is 12.6. The van der Waals surface area contributed by atoms with Crippen LogP contribution in [-0.4, -0.2) is 31.3 Å². The molecule has 0 heterocycles. The van der Waals surface area contributed by atoms with Crippen molar-refractivity contribution in [3.05, 3.63) is 29.8 Å². The third-order valence-electron chi connectivity index (χ3n) is 1.65. The standard InChI is InChI=1S/C11H14O2S.ClHO3S/c1-8(2)13-11(12)9-5-4-6-10(7-9)14-3;1-5(2,3)4/h4-8H,1-3H3;(H,2,3,4). The normalized spacial score (nSPS) is 10.6. The van der Waals surface area contributed by atoms with E-state index in [2.05, 4.69) is 10.7 Å². The van der Waals surface area contributed by atoms with E-state index in [9.17, 15) is 4.79 Å². The minimum absolute atomic E-state index is 0.0690. The van der Waals surface area contributed by atoms with Gasteiger partial charge in [0, 0.05) is 15.6 Å². The molecule has 0 aliphatic rings. The number of hydrogen-bond donors (Lipinski definition) is 1. The van der Waals surface area contributed by atoms with E-state index in [0.717, 1.165) is 4.90 Å². The minimum atomic E-state index is -4.19. The summed E-state index contributed by atoms with van der Waals surface area (Å²) in [5.74, 6) is -0.254. The molecule has 5 nitrogen and oxygen atoms in total. The van der Waals surface area contributed by atoms with Gasteiger partial charge in [-0.1, -0.05) is 6.07 Å². The highest BCUT2D eigenvalue weighted by Crippen LogP contribution is 2.16. The van der Waals surface area contributed by atoms with Crippen molar-refractivity contribution in [3.63, 3.8) is 0 Å². The van der Waals surface area contributed by atoms with Gasteiger partial charge in [-0.25, -0.2) is 4.79 Å². The summed E-state index contributed by atoms with van der Waals surface area (Å²) >= 11 is 1.61. The second kappa shape index (κ2) is 8.42. The number of esters is 1. The lowest BCUT2D eigenvalue weighted by Crippen LogP contribution is -2.11. The molecule has 0 aromatic heterocycles. The van der Waals surface area contributed by atoms with Gasteiger partial charge in [0.15, 0.2) is 0 Å². The van der Waals surface area contributed by atoms with Gasteiger partial charge in [0.25, 0.3) is 0 Å². The lowest BCUT2D eigenvalue weighted by molar-refractivity contribution is 0.0377. The Morgan fingerprint density at radius 3 is 2.37 bits per heavy atom. The van der Waals surface area contributed by atoms with Crippen molar-refractivity contribution in [1.82, 2.24) is 0 Å². The fourth-order valence-electron chi connectivity index (χ4n) is 1.03. The predicted molar refractivity (Wildman–Crippen MR) is 76.2 cm³/mol. The van der Waals surface area contributed by atoms with Gasteiger partial charge >= 0.3 is 15.3 Å². The molecule has 0 saturated carbocycles. The quantitative estimate of drug-likeness (QED) is 0.398. The zero-order valence-corrected chi connectivity index (χ0v) is 13.1. The first-order valence-corrected chi connectivity index (χ1v) is 8.64. The molecule has 0 amide bonds. The zero-order valence-electron chi connectivity index (χ0n) is 10.7. The van der Waals surface area contributed by atoms with Crippen molar-refractivity contribution in [1.29, 1.82) is 0 Å². The van der Waals surface area contributed by atoms with E-state index < -0.39 is 9.33 Å². The largest absolute Gasteiger partial charge is 0.459 e. The molecule has 108 valence electrons. The third kappa shape index (κ3) is 10.8. The van der Waals surface area contributed by atoms with E-state index in [0.29, 0.717) is 5.56 Å². The first kappa shape index (κ1) is 18.2. The summed E-state index contributed by atoms with van der Waals surface area (Å²) < 4.78 is 30.3. The van der Waals surface area contributed by atoms with Crippen LogP contribution in [0.25, 0.3) is 0 Å². The van der Waals surface area contributed by atoms with Gasteiger partial charge in [-0.15, -0.1) is 11.8 Å². The summed E-state index contributed by atoms with van der Waals surface area (Å²) in [6.45, 7) is 3.69. The molecule has 0 saturated heterocycles. The maximum atomic E-state index is 11.5. The molecule has 0 unspecified atom stereocenters. The highest BCUT2D eigenvalue weighted by molar-refractivity contribution is 8.09. The number of ether oxygens (including phenoxy) is 1. The lowest BCUT2D eigenvalue weighted by atomic mass is 10.2. The highest BCUT2D eigenvalue weighted by Gasteiger charge is 2.08. The summed E-state index contributed by atoms with van der Waals surface area (Å²) in [6.07, 6.45) is 1.91. The Morgan fingerprint density at radius 2 is 1.95 bits per heavy atom. The van der Waals surface area contributed by atoms with E-state index in [1.54, 1.807) is 17.8 Å². The molecule has 8 heteroatoms. The molecule has 1 N–H and O–H groups in total. The van der Waals surface area contributed by atoms with Crippen LogP contribution in [0.3, 0.4) is 0 Å². The SMILES string of the molecule is CSc1cccc(C(=O)OC(C)C)c1.O=S(=O)(O)Cl. The molecule has 1 rings (SSSR count). The predicted octanol–water partition coefficient (Wildman–Crippen LogP) is 3.00. The van der Waals surface area contributed by atoms with Crippen LogP contribution in [0, 0.1) is 0 Å². The summed E-state index contributed by atoms with van der Waals surface area (Å²) in [7, 11) is -0.137. The molecule has 0 spiro atoms. The molecular formula is C11H15ClO5S2. The monoisotopic (exact) mass is 326 g/mol. The number of carbonyl (C=O) groups is 1. The average molecular weight is 327 g/mol. The molecular weight excluding hydrogens is 312 g/mol. The van der Waals surface area contributed by atoms with E-state index >= 15 is 0 Å². The number of halogens is 1. The smallest absolute Gasteiger partial charge is 0.353 e. The molecule has 0 atom stereocenters. The Bertz CT molecular complexity index is 506. The number of benzene rings is 1. The van der Waals surface area contributed by atoms with Crippen LogP contribution in [0.2, 0.25) is 0 Å². The Kier molecular flexibility index (Phi) is 8.08. The molecule has 0 radical (unpaired) electrons. The van der Waals surface area contributed by atoms with Crippen molar-refractivity contribution in [2.45, 2.75) is 24.8 Å². The van der Waals surface area contributed by atoms with Crippen molar-refractivity contribution >= 4 is 37.7 Å². The van der Waals surface area contributed by atoms with Crippen LogP contribution in [0.4, 0.5) is 0 Å². The maximum Gasteiger partial charge on any atom is 0.353 e. The fraction of sp³-hybridized carbons (Fsp3) is 0.364. The Balaban J connectivity index is 0.000000555. The van der Waals surface area contributed by atoms with Crippen LogP contribution in [-0.2, 0) is 14.1 Å². The van der Waals surface area contributed by atoms with Crippen LogP contribution in [0.1, 0.15) is 24.2 Å². The number of carbonyl (C=O) groups excluding carboxylic acids is 1. The van der Waals surface area contributed by atoms with Gasteiger partial charge in [-0.2, -0.15) is 8.42 Å². The van der Waals surface area contributed by atoms with Crippen LogP contribution in [0.5, 0.6) is 0 Å². The summed E-state index contributed by atoms with van der Waals surface area (Å²) in [5.41, 5.74) is 0.616. The Labute approximate surface area is 121 Å². The lowest BCUT2D eigenvalue weighted by Gasteiger charge is -2.08. The number of hydrogen-bond acceptors (Lipinski definition) is 5. The maximum absolute atomic E-state index is 11.5. The molecule has 1 aromatic rings. The second-order valence-corrected chi connectivity index (χ2v) is 6.47. The van der Waals surface area contributed by atoms with Gasteiger partial charge in [-0.3, -0.25) is 4.55 Å². The zero-order chi connectivity index (χ0) is 15.1. The van der Waals surface area contributed by atoms with Gasteiger partial charge in [0.2, 0.25) is 0 Å². The van der Waals surface area contributed by atoms with Crippen molar-refractivity contribution in [2.75, 3.05) is 6.26 Å². The van der Waals surface area contributed by atoms with E-state index in [1.165, 1.54) is 0 Å². The van der Waals surface area contributed by atoms with E-state index in [-0.39, 0.29) is 12.1 Å². The molecule has 0 aliphatic heterocycles. The minimum Gasteiger partial charge on any atom is -0.459 e. The van der Waals surface area contributed by atoms with Crippen molar-refractivity contribution < 1.29 is 22.5 Å². The van der Waals surface area contributed by atoms with E-state index in [1.807, 2.05) is 38.3 Å². The van der Waals surface area contributed by atoms with Gasteiger partial charge in [-0.05, 0) is 38.3 Å². The van der Waals surface area contributed by atoms with Gasteiger partial charge in [0.05, 0.1) is 11.7 Å². The first-order valence-electron chi connectivity index (χ1n) is 5.15. The second-order valence-electron chi connectivity index (χ2n) is 3.60. The third-order valence-corrected chi connectivity index (χ3v) is 2.37. The molecule has 0 bridgehead atoms. The Hall–Kier alpha value is -0.760. The van der Waals surface area contributed by atoms with Crippen LogP contribution in [0.15, 0.2) is 29.2 Å². The number of thioether (sulfide) groups is 1. The topological polar surface area (TPSA) is 80.7 Å². The van der Waals surface area contributed by atoms with E-state index in [4.69, 9.17) is 17.7 Å². The highest BCUT2D eigenvalue weighted by atomic mass is 35.7. The molecule has 0 fully saturated rings. The van der Waals surface area contributed by atoms with Crippen molar-refractivity contribution in [3.8, 4) is 0 Å².